The summed E-state index contributed by atoms with van der Waals surface area (Å²) in [7, 11) is 0. The van der Waals surface area contributed by atoms with Crippen molar-refractivity contribution in [1.82, 2.24) is 0 Å². The highest BCUT2D eigenvalue weighted by Gasteiger charge is 2.46. The maximum atomic E-state index is 13.6. The van der Waals surface area contributed by atoms with Crippen LogP contribution in [0.25, 0.3) is 0 Å². The molecular formula is C33H24N4O4. The van der Waals surface area contributed by atoms with Gasteiger partial charge in [0.05, 0.1) is 22.7 Å². The predicted molar refractivity (Wildman–Crippen MR) is 156 cm³/mol. The lowest BCUT2D eigenvalue weighted by Crippen LogP contribution is -2.41. The first-order valence-corrected chi connectivity index (χ1v) is 13.0. The van der Waals surface area contributed by atoms with E-state index in [2.05, 4.69) is 0 Å². The summed E-state index contributed by atoms with van der Waals surface area (Å²) in [5, 5.41) is 5.33. The van der Waals surface area contributed by atoms with Crippen molar-refractivity contribution in [3.05, 3.63) is 145 Å². The quantitative estimate of drug-likeness (QED) is 0.194. The molecule has 2 aliphatic heterocycles. The highest BCUT2D eigenvalue weighted by Crippen LogP contribution is 2.33. The van der Waals surface area contributed by atoms with Gasteiger partial charge in [0.1, 0.15) is 11.5 Å². The molecule has 4 aromatic rings. The maximum absolute atomic E-state index is 13.6. The van der Waals surface area contributed by atoms with Crippen LogP contribution < -0.4 is 20.0 Å². The fourth-order valence-corrected chi connectivity index (χ4v) is 4.87. The fraction of sp³-hybridized carbons (Fsp3) is 0.0303. The zero-order valence-corrected chi connectivity index (χ0v) is 21.8. The average molecular weight is 541 g/mol. The zero-order valence-electron chi connectivity index (χ0n) is 21.8. The van der Waals surface area contributed by atoms with Gasteiger partial charge in [-0.2, -0.15) is 0 Å². The van der Waals surface area contributed by atoms with Crippen molar-refractivity contribution in [2.45, 2.75) is 0 Å². The smallest absolute Gasteiger partial charge is 0.271 e. The van der Waals surface area contributed by atoms with Crippen molar-refractivity contribution in [2.24, 2.45) is 5.92 Å². The van der Waals surface area contributed by atoms with Crippen molar-refractivity contribution >= 4 is 46.4 Å². The van der Waals surface area contributed by atoms with Crippen LogP contribution >= 0.6 is 0 Å². The first-order valence-electron chi connectivity index (χ1n) is 13.0. The molecule has 8 nitrogen and oxygen atoms in total. The molecule has 2 fully saturated rings. The summed E-state index contributed by atoms with van der Waals surface area (Å²) in [4.78, 5) is 54.2. The van der Waals surface area contributed by atoms with E-state index in [1.165, 1.54) is 38.3 Å². The number of amides is 4. The second kappa shape index (κ2) is 10.8. The second-order valence-electron chi connectivity index (χ2n) is 9.32. The number of benzene rings is 4. The topological polar surface area (TPSA) is 81.2 Å². The minimum Gasteiger partial charge on any atom is -0.271 e. The molecule has 0 aliphatic carbocycles. The average Bonchev–Trinajstić information content (AvgIpc) is 3.42. The zero-order chi connectivity index (χ0) is 28.3. The van der Waals surface area contributed by atoms with Gasteiger partial charge in [-0.3, -0.25) is 19.2 Å². The Labute approximate surface area is 236 Å². The first kappa shape index (κ1) is 25.5. The Hall–Kier alpha value is -5.76. The molecule has 0 N–H and O–H groups in total. The van der Waals surface area contributed by atoms with Gasteiger partial charge in [-0.05, 0) is 54.6 Å². The number of hydrogen-bond acceptors (Lipinski definition) is 4. The molecule has 4 aromatic carbocycles. The largest absolute Gasteiger partial charge is 0.283 e. The molecule has 4 amide bonds. The summed E-state index contributed by atoms with van der Waals surface area (Å²) >= 11 is 0. The third-order valence-electron chi connectivity index (χ3n) is 6.76. The number of hydrogen-bond donors (Lipinski definition) is 0. The Morgan fingerprint density at radius 1 is 0.439 bits per heavy atom. The molecule has 200 valence electrons. The fourth-order valence-electron chi connectivity index (χ4n) is 4.87. The van der Waals surface area contributed by atoms with E-state index in [1.807, 2.05) is 24.3 Å². The molecule has 0 bridgehead atoms. The summed E-state index contributed by atoms with van der Waals surface area (Å²) in [6.07, 6.45) is 4.22. The number of para-hydroxylation sites is 4. The van der Waals surface area contributed by atoms with Crippen LogP contribution in [-0.4, -0.2) is 23.6 Å². The van der Waals surface area contributed by atoms with E-state index in [4.69, 9.17) is 0 Å². The molecule has 6 rings (SSSR count). The molecule has 2 saturated heterocycles. The van der Waals surface area contributed by atoms with Gasteiger partial charge in [0.25, 0.3) is 23.6 Å². The Bertz CT molecular complexity index is 1550. The van der Waals surface area contributed by atoms with E-state index in [-0.39, 0.29) is 5.57 Å². The molecule has 0 unspecified atom stereocenters. The van der Waals surface area contributed by atoms with E-state index in [0.29, 0.717) is 22.7 Å². The Kier molecular flexibility index (Phi) is 6.71. The van der Waals surface area contributed by atoms with Crippen molar-refractivity contribution in [3.8, 4) is 0 Å². The number of hydrazine groups is 2. The van der Waals surface area contributed by atoms with Gasteiger partial charge in [-0.25, -0.2) is 20.0 Å². The lowest BCUT2D eigenvalue weighted by Gasteiger charge is -2.27. The summed E-state index contributed by atoms with van der Waals surface area (Å²) in [6.45, 7) is 0. The normalized spacial score (nSPS) is 16.0. The summed E-state index contributed by atoms with van der Waals surface area (Å²) in [5.41, 5.74) is 2.05. The van der Waals surface area contributed by atoms with Crippen LogP contribution in [0.2, 0.25) is 0 Å². The molecule has 0 atom stereocenters. The van der Waals surface area contributed by atoms with E-state index >= 15 is 0 Å². The van der Waals surface area contributed by atoms with Gasteiger partial charge in [0.15, 0.2) is 0 Å². The van der Waals surface area contributed by atoms with Crippen LogP contribution in [0.4, 0.5) is 22.7 Å². The molecular weight excluding hydrogens is 516 g/mol. The van der Waals surface area contributed by atoms with E-state index in [1.54, 1.807) is 97.1 Å². The van der Waals surface area contributed by atoms with E-state index < -0.39 is 29.5 Å². The number of rotatable bonds is 6. The standard InChI is InChI=1S/C33H24N4O4/c38-30-28(31(39)35(25-16-7-2-8-17-25)34(30)24-14-5-1-6-15-24)22-13-23-29-32(40)36(26-18-9-3-10-19-26)37(33(29)41)27-20-11-4-12-21-27/h1-23,28H. The minimum atomic E-state index is -1.14. The van der Waals surface area contributed by atoms with Crippen molar-refractivity contribution < 1.29 is 19.2 Å². The van der Waals surface area contributed by atoms with Gasteiger partial charge >= 0.3 is 0 Å². The molecule has 2 aliphatic rings. The van der Waals surface area contributed by atoms with Crippen molar-refractivity contribution in [2.75, 3.05) is 20.0 Å². The SMILES string of the molecule is O=C1C(=CC=CC2C(=O)N(c3ccccc3)N(c3ccccc3)C2=O)C(=O)N(c2ccccc2)N1c1ccccc1. The maximum Gasteiger partial charge on any atom is 0.283 e. The van der Waals surface area contributed by atoms with Crippen molar-refractivity contribution in [3.63, 3.8) is 0 Å². The van der Waals surface area contributed by atoms with Crippen LogP contribution in [0.5, 0.6) is 0 Å². The van der Waals surface area contributed by atoms with Crippen LogP contribution in [0.15, 0.2) is 145 Å². The third kappa shape index (κ3) is 4.57. The molecule has 8 heteroatoms. The monoisotopic (exact) mass is 540 g/mol. The number of allylic oxidation sites excluding steroid dienone is 2. The lowest BCUT2D eigenvalue weighted by molar-refractivity contribution is -0.125. The van der Waals surface area contributed by atoms with Crippen LogP contribution in [0.3, 0.4) is 0 Å². The van der Waals surface area contributed by atoms with Gasteiger partial charge in [0, 0.05) is 0 Å². The van der Waals surface area contributed by atoms with Gasteiger partial charge in [-0.1, -0.05) is 84.9 Å². The summed E-state index contributed by atoms with van der Waals surface area (Å²) < 4.78 is 0. The third-order valence-corrected chi connectivity index (χ3v) is 6.76. The lowest BCUT2D eigenvalue weighted by atomic mass is 10.1. The number of carbonyl (C=O) groups is 4. The van der Waals surface area contributed by atoms with E-state index in [0.717, 1.165) is 0 Å². The van der Waals surface area contributed by atoms with Crippen molar-refractivity contribution in [1.29, 1.82) is 0 Å². The first-order chi connectivity index (χ1) is 20.1. The minimum absolute atomic E-state index is 0.0910. The highest BCUT2D eigenvalue weighted by molar-refractivity contribution is 6.36. The number of anilines is 4. The molecule has 2 heterocycles. The van der Waals surface area contributed by atoms with Gasteiger partial charge < -0.3 is 0 Å². The van der Waals surface area contributed by atoms with Crippen LogP contribution in [-0.2, 0) is 19.2 Å². The van der Waals surface area contributed by atoms with Crippen LogP contribution in [0, 0.1) is 5.92 Å². The summed E-state index contributed by atoms with van der Waals surface area (Å²) in [5.74, 6) is -3.07. The summed E-state index contributed by atoms with van der Waals surface area (Å²) in [6, 6.07) is 35.6. The van der Waals surface area contributed by atoms with Crippen LogP contribution in [0.1, 0.15) is 0 Å². The molecule has 41 heavy (non-hydrogen) atoms. The number of carbonyl (C=O) groups excluding carboxylic acids is 4. The highest BCUT2D eigenvalue weighted by atomic mass is 16.2. The van der Waals surface area contributed by atoms with Gasteiger partial charge in [-0.15, -0.1) is 0 Å². The number of nitrogens with zero attached hydrogens (tertiary/aromatic N) is 4. The Balaban J connectivity index is 1.34. The second-order valence-corrected chi connectivity index (χ2v) is 9.32. The molecule has 0 spiro atoms. The Morgan fingerprint density at radius 3 is 1.10 bits per heavy atom. The Morgan fingerprint density at radius 2 is 0.756 bits per heavy atom. The predicted octanol–water partition coefficient (Wildman–Crippen LogP) is 5.08. The van der Waals surface area contributed by atoms with E-state index in [9.17, 15) is 19.2 Å². The van der Waals surface area contributed by atoms with Gasteiger partial charge in [0.2, 0.25) is 0 Å². The molecule has 0 aromatic heterocycles. The molecule has 0 radical (unpaired) electrons. The molecule has 0 saturated carbocycles.